The van der Waals surface area contributed by atoms with E-state index in [4.69, 9.17) is 4.74 Å². The summed E-state index contributed by atoms with van der Waals surface area (Å²) in [6.45, 7) is 3.88. The second-order valence-corrected chi connectivity index (χ2v) is 9.50. The number of ether oxygens (including phenoxy) is 1. The van der Waals surface area contributed by atoms with E-state index < -0.39 is 12.0 Å². The summed E-state index contributed by atoms with van der Waals surface area (Å²) in [5.74, 6) is -0.175. The van der Waals surface area contributed by atoms with Crippen LogP contribution in [0, 0.1) is 11.7 Å². The first-order valence-corrected chi connectivity index (χ1v) is 12.8. The zero-order valence-electron chi connectivity index (χ0n) is 20.5. The fourth-order valence-corrected chi connectivity index (χ4v) is 5.26. The van der Waals surface area contributed by atoms with E-state index in [1.54, 1.807) is 36.3 Å². The lowest BCUT2D eigenvalue weighted by atomic mass is 9.83. The minimum atomic E-state index is -0.504. The van der Waals surface area contributed by atoms with Gasteiger partial charge in [-0.3, -0.25) is 9.59 Å². The average molecular weight is 482 g/mol. The first-order valence-electron chi connectivity index (χ1n) is 12.8. The molecule has 0 aliphatic carbocycles. The number of benzene rings is 2. The van der Waals surface area contributed by atoms with Gasteiger partial charge in [0.2, 0.25) is 11.8 Å². The van der Waals surface area contributed by atoms with Gasteiger partial charge in [0.1, 0.15) is 11.6 Å². The molecule has 2 fully saturated rings. The van der Waals surface area contributed by atoms with Crippen molar-refractivity contribution in [1.82, 2.24) is 10.2 Å². The molecule has 0 saturated carbocycles. The van der Waals surface area contributed by atoms with Crippen molar-refractivity contribution in [1.29, 1.82) is 0 Å². The van der Waals surface area contributed by atoms with Gasteiger partial charge in [0.15, 0.2) is 0 Å². The third-order valence-corrected chi connectivity index (χ3v) is 7.15. The SMILES string of the molecule is COc1ccc(N2C(=O)CCC(C(=O)NCCCN3CCCCCC3)C2c2ccc(F)cc2)cc1. The Morgan fingerprint density at radius 1 is 1.03 bits per heavy atom. The summed E-state index contributed by atoms with van der Waals surface area (Å²) >= 11 is 0. The molecule has 0 radical (unpaired) electrons. The Bertz CT molecular complexity index is 972. The molecule has 2 aromatic carbocycles. The predicted octanol–water partition coefficient (Wildman–Crippen LogP) is 4.70. The molecule has 188 valence electrons. The zero-order chi connectivity index (χ0) is 24.6. The number of rotatable bonds is 8. The van der Waals surface area contributed by atoms with Gasteiger partial charge in [0.25, 0.3) is 0 Å². The van der Waals surface area contributed by atoms with Crippen molar-refractivity contribution < 1.29 is 18.7 Å². The molecule has 2 aliphatic rings. The van der Waals surface area contributed by atoms with Gasteiger partial charge in [-0.05, 0) is 87.3 Å². The molecule has 0 aromatic heterocycles. The Morgan fingerprint density at radius 2 is 1.71 bits per heavy atom. The summed E-state index contributed by atoms with van der Waals surface area (Å²) in [6, 6.07) is 12.9. The van der Waals surface area contributed by atoms with Gasteiger partial charge < -0.3 is 19.9 Å². The molecule has 2 saturated heterocycles. The van der Waals surface area contributed by atoms with Gasteiger partial charge >= 0.3 is 0 Å². The van der Waals surface area contributed by atoms with Gasteiger partial charge in [-0.25, -0.2) is 4.39 Å². The monoisotopic (exact) mass is 481 g/mol. The highest BCUT2D eigenvalue weighted by Gasteiger charge is 2.41. The fraction of sp³-hybridized carbons (Fsp3) is 0.500. The molecule has 2 amide bonds. The minimum Gasteiger partial charge on any atom is -0.497 e. The second kappa shape index (κ2) is 12.2. The maximum absolute atomic E-state index is 13.7. The first kappa shape index (κ1) is 25.2. The third-order valence-electron chi connectivity index (χ3n) is 7.15. The average Bonchev–Trinajstić information content (AvgIpc) is 3.16. The summed E-state index contributed by atoms with van der Waals surface area (Å²) < 4.78 is 19.0. The number of amides is 2. The molecule has 1 N–H and O–H groups in total. The molecule has 2 atom stereocenters. The van der Waals surface area contributed by atoms with E-state index >= 15 is 0 Å². The van der Waals surface area contributed by atoms with Crippen LogP contribution >= 0.6 is 0 Å². The first-order chi connectivity index (χ1) is 17.1. The van der Waals surface area contributed by atoms with Crippen molar-refractivity contribution in [3.63, 3.8) is 0 Å². The fourth-order valence-electron chi connectivity index (χ4n) is 5.26. The van der Waals surface area contributed by atoms with E-state index in [2.05, 4.69) is 10.2 Å². The van der Waals surface area contributed by atoms with Crippen molar-refractivity contribution in [3.8, 4) is 5.75 Å². The lowest BCUT2D eigenvalue weighted by Gasteiger charge is -2.41. The number of hydrogen-bond donors (Lipinski definition) is 1. The third kappa shape index (κ3) is 6.40. The largest absolute Gasteiger partial charge is 0.497 e. The number of methoxy groups -OCH3 is 1. The number of hydrogen-bond acceptors (Lipinski definition) is 4. The minimum absolute atomic E-state index is 0.0466. The molecule has 4 rings (SSSR count). The van der Waals surface area contributed by atoms with Gasteiger partial charge in [-0.15, -0.1) is 0 Å². The molecule has 2 aliphatic heterocycles. The highest BCUT2D eigenvalue weighted by Crippen LogP contribution is 2.40. The van der Waals surface area contributed by atoms with Crippen molar-refractivity contribution in [3.05, 3.63) is 59.9 Å². The van der Waals surface area contributed by atoms with E-state index in [-0.39, 0.29) is 24.1 Å². The Hall–Kier alpha value is -2.93. The van der Waals surface area contributed by atoms with Crippen LogP contribution < -0.4 is 15.0 Å². The van der Waals surface area contributed by atoms with Gasteiger partial charge in [-0.1, -0.05) is 25.0 Å². The smallest absolute Gasteiger partial charge is 0.227 e. The van der Waals surface area contributed by atoms with Gasteiger partial charge in [0, 0.05) is 18.7 Å². The van der Waals surface area contributed by atoms with Crippen molar-refractivity contribution in [2.75, 3.05) is 38.2 Å². The summed E-state index contributed by atoms with van der Waals surface area (Å²) in [4.78, 5) is 30.7. The van der Waals surface area contributed by atoms with Crippen molar-refractivity contribution in [2.24, 2.45) is 5.92 Å². The van der Waals surface area contributed by atoms with E-state index in [0.717, 1.165) is 31.6 Å². The normalized spacial score (nSPS) is 21.4. The molecule has 2 aromatic rings. The van der Waals surface area contributed by atoms with Crippen LogP contribution in [0.5, 0.6) is 5.75 Å². The van der Waals surface area contributed by atoms with E-state index in [1.807, 2.05) is 12.1 Å². The van der Waals surface area contributed by atoms with Crippen LogP contribution in [-0.2, 0) is 9.59 Å². The number of nitrogens with one attached hydrogen (secondary N) is 1. The van der Waals surface area contributed by atoms with Crippen molar-refractivity contribution >= 4 is 17.5 Å². The highest BCUT2D eigenvalue weighted by atomic mass is 19.1. The lowest BCUT2D eigenvalue weighted by molar-refractivity contribution is -0.129. The molecule has 2 heterocycles. The lowest BCUT2D eigenvalue weighted by Crippen LogP contribution is -2.48. The Kier molecular flexibility index (Phi) is 8.74. The van der Waals surface area contributed by atoms with Crippen LogP contribution in [0.4, 0.5) is 10.1 Å². The number of likely N-dealkylation sites (tertiary alicyclic amines) is 1. The molecular formula is C28H36FN3O3. The predicted molar refractivity (Wildman–Crippen MR) is 135 cm³/mol. The molecule has 0 bridgehead atoms. The van der Waals surface area contributed by atoms with Crippen molar-refractivity contribution in [2.45, 2.75) is 51.0 Å². The standard InChI is InChI=1S/C28H36FN3O3/c1-35-24-13-11-23(12-14-24)32-26(33)16-15-25(27(32)21-7-9-22(29)10-8-21)28(34)30-17-6-20-31-18-4-2-3-5-19-31/h7-14,25,27H,2-6,15-20H2,1H3,(H,30,34). The second-order valence-electron chi connectivity index (χ2n) is 9.50. The molecular weight excluding hydrogens is 445 g/mol. The number of nitrogens with zero attached hydrogens (tertiary/aromatic N) is 2. The topological polar surface area (TPSA) is 61.9 Å². The zero-order valence-corrected chi connectivity index (χ0v) is 20.5. The Labute approximate surface area is 207 Å². The Morgan fingerprint density at radius 3 is 2.37 bits per heavy atom. The van der Waals surface area contributed by atoms with Crippen LogP contribution in [0.3, 0.4) is 0 Å². The van der Waals surface area contributed by atoms with E-state index in [1.165, 1.54) is 37.8 Å². The molecule has 2 unspecified atom stereocenters. The van der Waals surface area contributed by atoms with Crippen LogP contribution in [0.1, 0.15) is 56.6 Å². The van der Waals surface area contributed by atoms with Gasteiger partial charge in [-0.2, -0.15) is 0 Å². The summed E-state index contributed by atoms with van der Waals surface area (Å²) in [5.41, 5.74) is 1.45. The number of piperidine rings is 1. The molecule has 7 heteroatoms. The quantitative estimate of drug-likeness (QED) is 0.555. The number of halogens is 1. The van der Waals surface area contributed by atoms with Crippen LogP contribution in [0.15, 0.2) is 48.5 Å². The van der Waals surface area contributed by atoms with Crippen LogP contribution in [-0.4, -0.2) is 50.0 Å². The highest BCUT2D eigenvalue weighted by molar-refractivity contribution is 5.97. The molecule has 0 spiro atoms. The van der Waals surface area contributed by atoms with E-state index in [9.17, 15) is 14.0 Å². The maximum Gasteiger partial charge on any atom is 0.227 e. The number of carbonyl (C=O) groups is 2. The van der Waals surface area contributed by atoms with Gasteiger partial charge in [0.05, 0.1) is 19.1 Å². The summed E-state index contributed by atoms with van der Waals surface area (Å²) in [7, 11) is 1.59. The number of carbonyl (C=O) groups excluding carboxylic acids is 2. The maximum atomic E-state index is 13.7. The summed E-state index contributed by atoms with van der Waals surface area (Å²) in [5, 5.41) is 3.13. The Balaban J connectivity index is 1.49. The summed E-state index contributed by atoms with van der Waals surface area (Å²) in [6.07, 6.45) is 6.78. The number of anilines is 1. The van der Waals surface area contributed by atoms with Crippen LogP contribution in [0.2, 0.25) is 0 Å². The molecule has 6 nitrogen and oxygen atoms in total. The van der Waals surface area contributed by atoms with Crippen LogP contribution in [0.25, 0.3) is 0 Å². The molecule has 35 heavy (non-hydrogen) atoms. The van der Waals surface area contributed by atoms with E-state index in [0.29, 0.717) is 24.4 Å².